The van der Waals surface area contributed by atoms with Gasteiger partial charge >= 0.3 is 5.97 Å². The fourth-order valence-corrected chi connectivity index (χ4v) is 2.65. The van der Waals surface area contributed by atoms with Gasteiger partial charge in [-0.25, -0.2) is 8.78 Å². The summed E-state index contributed by atoms with van der Waals surface area (Å²) in [5.74, 6) is -4.19. The minimum atomic E-state index is -1.12. The first-order chi connectivity index (χ1) is 11.4. The number of hydrogen-bond donors (Lipinski definition) is 2. The molecule has 2 amide bonds. The summed E-state index contributed by atoms with van der Waals surface area (Å²) in [6.07, 6.45) is 1.68. The van der Waals surface area contributed by atoms with Gasteiger partial charge in [0.25, 0.3) is 5.91 Å². The second kappa shape index (κ2) is 7.85. The van der Waals surface area contributed by atoms with E-state index < -0.39 is 35.5 Å². The summed E-state index contributed by atoms with van der Waals surface area (Å²) in [4.78, 5) is 36.6. The number of amides is 2. The van der Waals surface area contributed by atoms with Crippen LogP contribution in [0.1, 0.15) is 36.0 Å². The highest BCUT2D eigenvalue weighted by atomic mass is 19.2. The zero-order valence-electron chi connectivity index (χ0n) is 12.9. The van der Waals surface area contributed by atoms with Crippen molar-refractivity contribution in [3.05, 3.63) is 35.4 Å². The maximum absolute atomic E-state index is 13.3. The van der Waals surface area contributed by atoms with Gasteiger partial charge in [0.15, 0.2) is 11.6 Å². The molecular weight excluding hydrogens is 322 g/mol. The first-order valence-electron chi connectivity index (χ1n) is 7.65. The van der Waals surface area contributed by atoms with Crippen LogP contribution in [0.4, 0.5) is 8.78 Å². The average molecular weight is 340 g/mol. The van der Waals surface area contributed by atoms with Gasteiger partial charge < -0.3 is 15.3 Å². The van der Waals surface area contributed by atoms with Gasteiger partial charge in [-0.05, 0) is 37.5 Å². The van der Waals surface area contributed by atoms with Crippen molar-refractivity contribution >= 4 is 17.8 Å². The molecule has 24 heavy (non-hydrogen) atoms. The number of halogens is 2. The topological polar surface area (TPSA) is 86.7 Å². The van der Waals surface area contributed by atoms with Crippen molar-refractivity contribution in [2.45, 2.75) is 31.7 Å². The Labute approximate surface area is 137 Å². The number of aliphatic carboxylic acids is 1. The molecule has 1 aromatic rings. The van der Waals surface area contributed by atoms with Gasteiger partial charge in [-0.1, -0.05) is 0 Å². The molecule has 1 saturated heterocycles. The number of carboxylic acid groups (broad SMARTS) is 1. The third-order valence-corrected chi connectivity index (χ3v) is 3.87. The van der Waals surface area contributed by atoms with Gasteiger partial charge in [-0.2, -0.15) is 0 Å². The summed E-state index contributed by atoms with van der Waals surface area (Å²) in [5.41, 5.74) is -0.0286. The molecule has 2 rings (SSSR count). The van der Waals surface area contributed by atoms with Crippen LogP contribution in [-0.4, -0.2) is 46.9 Å². The number of carboxylic acids is 1. The van der Waals surface area contributed by atoms with Crippen LogP contribution in [-0.2, 0) is 9.59 Å². The molecule has 1 aromatic carbocycles. The van der Waals surface area contributed by atoms with Gasteiger partial charge in [-0.15, -0.1) is 0 Å². The van der Waals surface area contributed by atoms with Crippen LogP contribution in [0, 0.1) is 11.6 Å². The number of piperidine rings is 1. The van der Waals surface area contributed by atoms with Crippen LogP contribution in [0.2, 0.25) is 0 Å². The second-order valence-electron chi connectivity index (χ2n) is 5.57. The first-order valence-corrected chi connectivity index (χ1v) is 7.65. The van der Waals surface area contributed by atoms with Crippen LogP contribution in [0.15, 0.2) is 18.2 Å². The van der Waals surface area contributed by atoms with Gasteiger partial charge in [0, 0.05) is 18.7 Å². The lowest BCUT2D eigenvalue weighted by atomic mass is 10.00. The molecule has 130 valence electrons. The third kappa shape index (κ3) is 4.27. The van der Waals surface area contributed by atoms with E-state index in [9.17, 15) is 23.2 Å². The van der Waals surface area contributed by atoms with Crippen molar-refractivity contribution in [2.75, 3.05) is 13.1 Å². The Bertz CT molecular complexity index is 651. The Hall–Kier alpha value is -2.51. The molecule has 0 aliphatic carbocycles. The summed E-state index contributed by atoms with van der Waals surface area (Å²) in [6.45, 7) is 0.298. The lowest BCUT2D eigenvalue weighted by molar-refractivity contribution is -0.137. The number of nitrogens with zero attached hydrogens (tertiary/aromatic N) is 1. The van der Waals surface area contributed by atoms with E-state index in [1.54, 1.807) is 0 Å². The Morgan fingerprint density at radius 3 is 2.62 bits per heavy atom. The standard InChI is InChI=1S/C16H18F2N2O4/c17-11-5-4-10(9-12(11)18)16(24)20-8-2-1-3-13(20)15(23)19-7-6-14(21)22/h4-5,9,13H,1-3,6-8H2,(H,19,23)(H,21,22). The highest BCUT2D eigenvalue weighted by Gasteiger charge is 2.32. The van der Waals surface area contributed by atoms with E-state index in [0.29, 0.717) is 19.4 Å². The van der Waals surface area contributed by atoms with Crippen molar-refractivity contribution in [3.8, 4) is 0 Å². The highest BCUT2D eigenvalue weighted by Crippen LogP contribution is 2.21. The van der Waals surface area contributed by atoms with Gasteiger partial charge in [0.1, 0.15) is 6.04 Å². The van der Waals surface area contributed by atoms with Crippen LogP contribution in [0.3, 0.4) is 0 Å². The molecule has 0 saturated carbocycles. The van der Waals surface area contributed by atoms with Crippen LogP contribution < -0.4 is 5.32 Å². The third-order valence-electron chi connectivity index (χ3n) is 3.87. The van der Waals surface area contributed by atoms with Crippen LogP contribution >= 0.6 is 0 Å². The molecule has 1 aliphatic rings. The minimum absolute atomic E-state index is 0.0286. The second-order valence-corrected chi connectivity index (χ2v) is 5.57. The first kappa shape index (κ1) is 17.8. The van der Waals surface area contributed by atoms with E-state index in [-0.39, 0.29) is 18.5 Å². The number of benzene rings is 1. The Kier molecular flexibility index (Phi) is 5.83. The largest absolute Gasteiger partial charge is 0.481 e. The van der Waals surface area contributed by atoms with Gasteiger partial charge in [0.2, 0.25) is 5.91 Å². The zero-order valence-corrected chi connectivity index (χ0v) is 12.9. The Morgan fingerprint density at radius 2 is 1.96 bits per heavy atom. The molecule has 0 aromatic heterocycles. The van der Waals surface area contributed by atoms with E-state index >= 15 is 0 Å². The van der Waals surface area contributed by atoms with E-state index in [4.69, 9.17) is 5.11 Å². The minimum Gasteiger partial charge on any atom is -0.481 e. The molecular formula is C16H18F2N2O4. The summed E-state index contributed by atoms with van der Waals surface area (Å²) in [6, 6.07) is 2.11. The van der Waals surface area contributed by atoms with E-state index in [1.807, 2.05) is 0 Å². The van der Waals surface area contributed by atoms with Gasteiger partial charge in [0.05, 0.1) is 6.42 Å². The SMILES string of the molecule is O=C(O)CCNC(=O)C1CCCCN1C(=O)c1ccc(F)c(F)c1. The number of carbonyl (C=O) groups is 3. The number of likely N-dealkylation sites (tertiary alicyclic amines) is 1. The molecule has 1 atom stereocenters. The summed E-state index contributed by atoms with van der Waals surface area (Å²) in [5, 5.41) is 11.1. The molecule has 0 spiro atoms. The quantitative estimate of drug-likeness (QED) is 0.851. The molecule has 1 aliphatic heterocycles. The number of hydrogen-bond acceptors (Lipinski definition) is 3. The average Bonchev–Trinajstić information content (AvgIpc) is 2.56. The number of carbonyl (C=O) groups excluding carboxylic acids is 2. The monoisotopic (exact) mass is 340 g/mol. The summed E-state index contributed by atoms with van der Waals surface area (Å²) < 4.78 is 26.3. The van der Waals surface area contributed by atoms with Crippen LogP contribution in [0.5, 0.6) is 0 Å². The van der Waals surface area contributed by atoms with E-state index in [2.05, 4.69) is 5.32 Å². The fourth-order valence-electron chi connectivity index (χ4n) is 2.65. The normalized spacial score (nSPS) is 17.4. The van der Waals surface area contributed by atoms with E-state index in [0.717, 1.165) is 18.6 Å². The summed E-state index contributed by atoms with van der Waals surface area (Å²) >= 11 is 0. The van der Waals surface area contributed by atoms with Crippen LogP contribution in [0.25, 0.3) is 0 Å². The number of nitrogens with one attached hydrogen (secondary N) is 1. The predicted octanol–water partition coefficient (Wildman–Crippen LogP) is 1.55. The molecule has 1 heterocycles. The Morgan fingerprint density at radius 1 is 1.21 bits per heavy atom. The molecule has 0 radical (unpaired) electrons. The predicted molar refractivity (Wildman–Crippen MR) is 80.3 cm³/mol. The zero-order chi connectivity index (χ0) is 17.7. The van der Waals surface area contributed by atoms with Gasteiger partial charge in [-0.3, -0.25) is 14.4 Å². The molecule has 0 bridgehead atoms. The van der Waals surface area contributed by atoms with Crippen molar-refractivity contribution < 1.29 is 28.3 Å². The fraction of sp³-hybridized carbons (Fsp3) is 0.438. The lowest BCUT2D eigenvalue weighted by Gasteiger charge is -2.34. The lowest BCUT2D eigenvalue weighted by Crippen LogP contribution is -2.52. The molecule has 1 fully saturated rings. The molecule has 8 heteroatoms. The number of rotatable bonds is 5. The Balaban J connectivity index is 2.10. The molecule has 2 N–H and O–H groups in total. The van der Waals surface area contributed by atoms with Crippen molar-refractivity contribution in [1.82, 2.24) is 10.2 Å². The van der Waals surface area contributed by atoms with Crippen molar-refractivity contribution in [2.24, 2.45) is 0 Å². The smallest absolute Gasteiger partial charge is 0.305 e. The summed E-state index contributed by atoms with van der Waals surface area (Å²) in [7, 11) is 0. The molecule has 1 unspecified atom stereocenters. The molecule has 6 nitrogen and oxygen atoms in total. The van der Waals surface area contributed by atoms with Crippen molar-refractivity contribution in [3.63, 3.8) is 0 Å². The van der Waals surface area contributed by atoms with E-state index in [1.165, 1.54) is 11.0 Å². The highest BCUT2D eigenvalue weighted by molar-refractivity contribution is 5.97. The van der Waals surface area contributed by atoms with Crippen molar-refractivity contribution in [1.29, 1.82) is 0 Å². The maximum Gasteiger partial charge on any atom is 0.305 e. The maximum atomic E-state index is 13.3.